The lowest BCUT2D eigenvalue weighted by atomic mass is 10.2. The summed E-state index contributed by atoms with van der Waals surface area (Å²) in [5.41, 5.74) is 1.20. The molecule has 3 rings (SSSR count). The van der Waals surface area contributed by atoms with Gasteiger partial charge in [0.05, 0.1) is 38.3 Å². The highest BCUT2D eigenvalue weighted by Gasteiger charge is 2.17. The van der Waals surface area contributed by atoms with Crippen molar-refractivity contribution in [1.29, 1.82) is 0 Å². The van der Waals surface area contributed by atoms with Gasteiger partial charge in [-0.3, -0.25) is 4.79 Å². The second-order valence-electron chi connectivity index (χ2n) is 5.79. The van der Waals surface area contributed by atoms with E-state index in [0.29, 0.717) is 28.0 Å². The summed E-state index contributed by atoms with van der Waals surface area (Å²) in [7, 11) is 4.37. The highest BCUT2D eigenvalue weighted by atomic mass is 32.2. The van der Waals surface area contributed by atoms with Crippen LogP contribution in [0.1, 0.15) is 10.4 Å². The van der Waals surface area contributed by atoms with Gasteiger partial charge in [0.25, 0.3) is 0 Å². The Morgan fingerprint density at radius 1 is 1.10 bits per heavy atom. The molecular formula is C19H19N5O5S. The average molecular weight is 429 g/mol. The monoisotopic (exact) mass is 429 g/mol. The van der Waals surface area contributed by atoms with Crippen molar-refractivity contribution in [2.45, 2.75) is 5.16 Å². The number of hydrogen-bond donors (Lipinski definition) is 1. The Labute approximate surface area is 176 Å². The van der Waals surface area contributed by atoms with E-state index in [1.807, 2.05) is 0 Å². The molecular weight excluding hydrogens is 410 g/mol. The van der Waals surface area contributed by atoms with Gasteiger partial charge in [0.2, 0.25) is 11.1 Å². The molecule has 1 aromatic heterocycles. The molecule has 0 aliphatic carbocycles. The third-order valence-corrected chi connectivity index (χ3v) is 4.91. The maximum atomic E-state index is 12.4. The van der Waals surface area contributed by atoms with E-state index in [1.54, 1.807) is 49.6 Å². The smallest absolute Gasteiger partial charge is 0.339 e. The van der Waals surface area contributed by atoms with Crippen molar-refractivity contribution in [1.82, 2.24) is 20.2 Å². The molecule has 0 bridgehead atoms. The van der Waals surface area contributed by atoms with Crippen LogP contribution >= 0.6 is 11.8 Å². The minimum absolute atomic E-state index is 0.0160. The maximum Gasteiger partial charge on any atom is 0.339 e. The third-order valence-electron chi connectivity index (χ3n) is 3.99. The van der Waals surface area contributed by atoms with Crippen molar-refractivity contribution in [2.24, 2.45) is 0 Å². The Morgan fingerprint density at radius 3 is 2.63 bits per heavy atom. The number of esters is 1. The van der Waals surface area contributed by atoms with E-state index in [1.165, 1.54) is 18.9 Å². The van der Waals surface area contributed by atoms with E-state index in [0.717, 1.165) is 11.8 Å². The van der Waals surface area contributed by atoms with Crippen molar-refractivity contribution in [3.63, 3.8) is 0 Å². The Balaban J connectivity index is 1.74. The van der Waals surface area contributed by atoms with Gasteiger partial charge in [0.1, 0.15) is 17.2 Å². The molecule has 10 nitrogen and oxygen atoms in total. The first-order valence-corrected chi connectivity index (χ1v) is 9.66. The quantitative estimate of drug-likeness (QED) is 0.425. The van der Waals surface area contributed by atoms with Crippen molar-refractivity contribution in [3.05, 3.63) is 48.0 Å². The van der Waals surface area contributed by atoms with Crippen molar-refractivity contribution in [2.75, 3.05) is 32.4 Å². The standard InChI is InChI=1S/C19H19N5O5S/c1-27-12-8-9-16(28-2)15(10-12)24-19(21-22-23-24)30-11-17(25)20-14-7-5-4-6-13(14)18(26)29-3/h4-10H,11H2,1-3H3,(H,20,25). The zero-order valence-corrected chi connectivity index (χ0v) is 17.3. The number of rotatable bonds is 8. The number of ether oxygens (including phenoxy) is 3. The summed E-state index contributed by atoms with van der Waals surface area (Å²) in [5.74, 6) is 0.300. The SMILES string of the molecule is COC(=O)c1ccccc1NC(=O)CSc1nnnn1-c1cc(OC)ccc1OC. The van der Waals surface area contributed by atoms with Gasteiger partial charge < -0.3 is 19.5 Å². The first-order valence-electron chi connectivity index (χ1n) is 8.68. The van der Waals surface area contributed by atoms with Gasteiger partial charge in [-0.25, -0.2) is 4.79 Å². The lowest BCUT2D eigenvalue weighted by molar-refractivity contribution is -0.113. The van der Waals surface area contributed by atoms with Gasteiger partial charge in [0.15, 0.2) is 0 Å². The molecule has 0 atom stereocenters. The van der Waals surface area contributed by atoms with E-state index < -0.39 is 5.97 Å². The maximum absolute atomic E-state index is 12.4. The molecule has 3 aromatic rings. The van der Waals surface area contributed by atoms with Crippen LogP contribution in [0.15, 0.2) is 47.6 Å². The van der Waals surface area contributed by atoms with E-state index in [-0.39, 0.29) is 17.2 Å². The number of methoxy groups -OCH3 is 3. The summed E-state index contributed by atoms with van der Waals surface area (Å²) in [6, 6.07) is 11.8. The van der Waals surface area contributed by atoms with Crippen LogP contribution in [0, 0.1) is 0 Å². The minimum Gasteiger partial charge on any atom is -0.497 e. The van der Waals surface area contributed by atoms with Crippen LogP contribution in [0.2, 0.25) is 0 Å². The normalized spacial score (nSPS) is 10.4. The van der Waals surface area contributed by atoms with E-state index in [2.05, 4.69) is 20.8 Å². The zero-order chi connectivity index (χ0) is 21.5. The Morgan fingerprint density at radius 2 is 1.90 bits per heavy atom. The van der Waals surface area contributed by atoms with Gasteiger partial charge in [-0.1, -0.05) is 23.9 Å². The molecule has 30 heavy (non-hydrogen) atoms. The second kappa shape index (κ2) is 9.74. The van der Waals surface area contributed by atoms with Gasteiger partial charge in [-0.15, -0.1) is 5.10 Å². The Bertz CT molecular complexity index is 1060. The summed E-state index contributed by atoms with van der Waals surface area (Å²) in [6.07, 6.45) is 0. The van der Waals surface area contributed by atoms with Crippen LogP contribution in [-0.4, -0.2) is 59.2 Å². The number of para-hydroxylation sites is 1. The molecule has 2 aromatic carbocycles. The van der Waals surface area contributed by atoms with E-state index in [9.17, 15) is 9.59 Å². The molecule has 1 N–H and O–H groups in total. The summed E-state index contributed by atoms with van der Waals surface area (Å²) < 4.78 is 16.8. The topological polar surface area (TPSA) is 117 Å². The van der Waals surface area contributed by atoms with Gasteiger partial charge >= 0.3 is 5.97 Å². The van der Waals surface area contributed by atoms with Crippen LogP contribution in [-0.2, 0) is 9.53 Å². The number of tetrazole rings is 1. The number of thioether (sulfide) groups is 1. The van der Waals surface area contributed by atoms with E-state index >= 15 is 0 Å². The lowest BCUT2D eigenvalue weighted by Crippen LogP contribution is -2.17. The largest absolute Gasteiger partial charge is 0.497 e. The van der Waals surface area contributed by atoms with Crippen molar-refractivity contribution < 1.29 is 23.8 Å². The first kappa shape index (κ1) is 21.1. The molecule has 0 unspecified atom stereocenters. The number of hydrogen-bond acceptors (Lipinski definition) is 9. The summed E-state index contributed by atoms with van der Waals surface area (Å²) in [4.78, 5) is 24.3. The van der Waals surface area contributed by atoms with Gasteiger partial charge in [-0.2, -0.15) is 4.68 Å². The fourth-order valence-corrected chi connectivity index (χ4v) is 3.26. The molecule has 0 fully saturated rings. The average Bonchev–Trinajstić information content (AvgIpc) is 3.25. The summed E-state index contributed by atoms with van der Waals surface area (Å²) in [5, 5.41) is 14.7. The fourth-order valence-electron chi connectivity index (χ4n) is 2.58. The number of benzene rings is 2. The number of aromatic nitrogens is 4. The molecule has 0 radical (unpaired) electrons. The number of amides is 1. The number of nitrogens with zero attached hydrogens (tertiary/aromatic N) is 4. The fraction of sp³-hybridized carbons (Fsp3) is 0.211. The summed E-state index contributed by atoms with van der Waals surface area (Å²) >= 11 is 1.13. The number of anilines is 1. The predicted octanol–water partition coefficient (Wildman–Crippen LogP) is 2.20. The molecule has 1 amide bonds. The lowest BCUT2D eigenvalue weighted by Gasteiger charge is -2.11. The third kappa shape index (κ3) is 4.69. The Kier molecular flexibility index (Phi) is 6.86. The predicted molar refractivity (Wildman–Crippen MR) is 109 cm³/mol. The number of carbonyl (C=O) groups excluding carboxylic acids is 2. The van der Waals surface area contributed by atoms with Crippen molar-refractivity contribution >= 4 is 29.3 Å². The highest BCUT2D eigenvalue weighted by Crippen LogP contribution is 2.29. The van der Waals surface area contributed by atoms with E-state index in [4.69, 9.17) is 14.2 Å². The zero-order valence-electron chi connectivity index (χ0n) is 16.5. The van der Waals surface area contributed by atoms with Crippen LogP contribution in [0.3, 0.4) is 0 Å². The van der Waals surface area contributed by atoms with Gasteiger partial charge in [-0.05, 0) is 34.7 Å². The number of carbonyl (C=O) groups is 2. The first-order chi connectivity index (χ1) is 14.6. The molecule has 0 saturated heterocycles. The minimum atomic E-state index is -0.535. The number of nitrogens with one attached hydrogen (secondary N) is 1. The molecule has 0 spiro atoms. The summed E-state index contributed by atoms with van der Waals surface area (Å²) in [6.45, 7) is 0. The molecule has 0 aliphatic heterocycles. The second-order valence-corrected chi connectivity index (χ2v) is 6.73. The Hall–Kier alpha value is -3.60. The van der Waals surface area contributed by atoms with Gasteiger partial charge in [0, 0.05) is 6.07 Å². The molecule has 1 heterocycles. The van der Waals surface area contributed by atoms with Crippen molar-refractivity contribution in [3.8, 4) is 17.2 Å². The highest BCUT2D eigenvalue weighted by molar-refractivity contribution is 7.99. The molecule has 156 valence electrons. The molecule has 11 heteroatoms. The van der Waals surface area contributed by atoms with Crippen LogP contribution in [0.5, 0.6) is 11.5 Å². The van der Waals surface area contributed by atoms with Crippen LogP contribution < -0.4 is 14.8 Å². The molecule has 0 aliphatic rings. The van der Waals surface area contributed by atoms with Crippen LogP contribution in [0.4, 0.5) is 5.69 Å². The van der Waals surface area contributed by atoms with Crippen LogP contribution in [0.25, 0.3) is 5.69 Å². The molecule has 0 saturated carbocycles.